The predicted octanol–water partition coefficient (Wildman–Crippen LogP) is 4.36. The Hall–Kier alpha value is -3.80. The van der Waals surface area contributed by atoms with E-state index in [9.17, 15) is 4.79 Å². The van der Waals surface area contributed by atoms with E-state index in [0.29, 0.717) is 12.1 Å². The standard InChI is InChI=1S/C21H17N3O3/c25-21(26)16-12-20-19(10-11-22-24(20)13-16)23-17-6-8-18(9-7-17)27-14-15-4-2-1-3-5-15/h1-13,23H,14H2,(H,25,26). The normalized spacial score (nSPS) is 10.7. The van der Waals surface area contributed by atoms with Crippen molar-refractivity contribution in [2.24, 2.45) is 0 Å². The molecule has 0 aliphatic heterocycles. The van der Waals surface area contributed by atoms with Gasteiger partial charge in [0.15, 0.2) is 0 Å². The Morgan fingerprint density at radius 1 is 1.07 bits per heavy atom. The lowest BCUT2D eigenvalue weighted by Gasteiger charge is -2.10. The minimum Gasteiger partial charge on any atom is -0.489 e. The quantitative estimate of drug-likeness (QED) is 0.535. The molecule has 2 aromatic carbocycles. The van der Waals surface area contributed by atoms with Gasteiger partial charge in [-0.2, -0.15) is 5.10 Å². The second-order valence-corrected chi connectivity index (χ2v) is 6.03. The first-order valence-corrected chi connectivity index (χ1v) is 8.43. The van der Waals surface area contributed by atoms with Crippen molar-refractivity contribution >= 4 is 22.9 Å². The third-order valence-corrected chi connectivity index (χ3v) is 4.14. The van der Waals surface area contributed by atoms with Gasteiger partial charge < -0.3 is 15.2 Å². The minimum atomic E-state index is -0.980. The van der Waals surface area contributed by atoms with E-state index in [1.54, 1.807) is 22.8 Å². The summed E-state index contributed by atoms with van der Waals surface area (Å²) in [7, 11) is 0. The smallest absolute Gasteiger partial charge is 0.337 e. The molecule has 2 N–H and O–H groups in total. The zero-order valence-electron chi connectivity index (χ0n) is 14.4. The van der Waals surface area contributed by atoms with Gasteiger partial charge in [0.2, 0.25) is 0 Å². The molecule has 0 spiro atoms. The van der Waals surface area contributed by atoms with Crippen molar-refractivity contribution in [1.82, 2.24) is 9.61 Å². The van der Waals surface area contributed by atoms with Crippen LogP contribution in [0.25, 0.3) is 5.52 Å². The molecule has 0 bridgehead atoms. The van der Waals surface area contributed by atoms with Gasteiger partial charge in [0.25, 0.3) is 0 Å². The maximum absolute atomic E-state index is 11.2. The van der Waals surface area contributed by atoms with Crippen LogP contribution in [0.1, 0.15) is 15.9 Å². The summed E-state index contributed by atoms with van der Waals surface area (Å²) < 4.78 is 7.33. The summed E-state index contributed by atoms with van der Waals surface area (Å²) in [6.45, 7) is 0.515. The summed E-state index contributed by atoms with van der Waals surface area (Å²) in [4.78, 5) is 11.2. The van der Waals surface area contributed by atoms with E-state index in [1.165, 1.54) is 6.20 Å². The van der Waals surface area contributed by atoms with Crippen LogP contribution in [-0.2, 0) is 6.61 Å². The second kappa shape index (κ2) is 7.21. The van der Waals surface area contributed by atoms with Gasteiger partial charge in [-0.1, -0.05) is 30.3 Å². The zero-order valence-corrected chi connectivity index (χ0v) is 14.4. The largest absolute Gasteiger partial charge is 0.489 e. The Morgan fingerprint density at radius 2 is 1.85 bits per heavy atom. The summed E-state index contributed by atoms with van der Waals surface area (Å²) in [6, 6.07) is 21.0. The molecule has 0 amide bonds. The number of nitrogens with zero attached hydrogens (tertiary/aromatic N) is 2. The number of hydrogen-bond donors (Lipinski definition) is 2. The monoisotopic (exact) mass is 359 g/mol. The molecule has 0 aliphatic carbocycles. The predicted molar refractivity (Wildman–Crippen MR) is 103 cm³/mol. The molecule has 134 valence electrons. The summed E-state index contributed by atoms with van der Waals surface area (Å²) in [6.07, 6.45) is 3.11. The van der Waals surface area contributed by atoms with Gasteiger partial charge in [-0.25, -0.2) is 9.31 Å². The van der Waals surface area contributed by atoms with Crippen molar-refractivity contribution in [3.63, 3.8) is 0 Å². The Balaban J connectivity index is 1.48. The molecule has 0 saturated heterocycles. The van der Waals surface area contributed by atoms with Crippen LogP contribution < -0.4 is 10.1 Å². The van der Waals surface area contributed by atoms with E-state index in [4.69, 9.17) is 9.84 Å². The third kappa shape index (κ3) is 3.74. The fraction of sp³-hybridized carbons (Fsp3) is 0.0476. The number of carboxylic acids is 1. The number of carbonyl (C=O) groups is 1. The Labute approximate surface area is 155 Å². The topological polar surface area (TPSA) is 75.9 Å². The number of hydrogen-bond acceptors (Lipinski definition) is 4. The lowest BCUT2D eigenvalue weighted by molar-refractivity contribution is 0.0697. The number of nitrogens with one attached hydrogen (secondary N) is 1. The molecule has 0 unspecified atom stereocenters. The molecule has 0 saturated carbocycles. The number of rotatable bonds is 6. The molecule has 2 aromatic heterocycles. The highest BCUT2D eigenvalue weighted by Gasteiger charge is 2.10. The van der Waals surface area contributed by atoms with E-state index >= 15 is 0 Å². The maximum Gasteiger partial charge on any atom is 0.337 e. The van der Waals surface area contributed by atoms with Crippen LogP contribution in [0.5, 0.6) is 5.75 Å². The van der Waals surface area contributed by atoms with Gasteiger partial charge in [-0.05, 0) is 42.0 Å². The molecule has 0 aliphatic rings. The van der Waals surface area contributed by atoms with Crippen molar-refractivity contribution in [3.05, 3.63) is 90.3 Å². The number of carboxylic acid groups (broad SMARTS) is 1. The van der Waals surface area contributed by atoms with Gasteiger partial charge in [-0.3, -0.25) is 0 Å². The van der Waals surface area contributed by atoms with E-state index < -0.39 is 5.97 Å². The zero-order chi connectivity index (χ0) is 18.6. The summed E-state index contributed by atoms with van der Waals surface area (Å²) in [5.74, 6) is -0.202. The first-order valence-electron chi connectivity index (χ1n) is 8.43. The maximum atomic E-state index is 11.2. The molecule has 4 aromatic rings. The van der Waals surface area contributed by atoms with Crippen molar-refractivity contribution in [3.8, 4) is 5.75 Å². The Bertz CT molecular complexity index is 1070. The van der Waals surface area contributed by atoms with Gasteiger partial charge >= 0.3 is 5.97 Å². The summed E-state index contributed by atoms with van der Waals surface area (Å²) >= 11 is 0. The third-order valence-electron chi connectivity index (χ3n) is 4.14. The minimum absolute atomic E-state index is 0.196. The van der Waals surface area contributed by atoms with Crippen LogP contribution in [0.4, 0.5) is 11.4 Å². The molecular formula is C21H17N3O3. The first kappa shape index (κ1) is 16.7. The van der Waals surface area contributed by atoms with E-state index in [0.717, 1.165) is 22.7 Å². The van der Waals surface area contributed by atoms with Gasteiger partial charge in [0, 0.05) is 18.1 Å². The average Bonchev–Trinajstić information content (AvgIpc) is 3.14. The average molecular weight is 359 g/mol. The lowest BCUT2D eigenvalue weighted by atomic mass is 10.2. The lowest BCUT2D eigenvalue weighted by Crippen LogP contribution is -1.97. The molecule has 0 atom stereocenters. The number of ether oxygens (including phenoxy) is 1. The van der Waals surface area contributed by atoms with Gasteiger partial charge in [-0.15, -0.1) is 0 Å². The van der Waals surface area contributed by atoms with Crippen molar-refractivity contribution in [1.29, 1.82) is 0 Å². The second-order valence-electron chi connectivity index (χ2n) is 6.03. The molecule has 0 radical (unpaired) electrons. The van der Waals surface area contributed by atoms with Crippen LogP contribution in [0, 0.1) is 0 Å². The SMILES string of the molecule is O=C(O)c1cc2c(Nc3ccc(OCc4ccccc4)cc3)ccnn2c1. The molecule has 2 heterocycles. The van der Waals surface area contributed by atoms with Crippen molar-refractivity contribution < 1.29 is 14.6 Å². The van der Waals surface area contributed by atoms with Crippen LogP contribution in [0.3, 0.4) is 0 Å². The number of aromatic carboxylic acids is 1. The number of anilines is 2. The fourth-order valence-corrected chi connectivity index (χ4v) is 2.77. The van der Waals surface area contributed by atoms with E-state index in [-0.39, 0.29) is 5.56 Å². The van der Waals surface area contributed by atoms with E-state index in [1.807, 2.05) is 54.6 Å². The molecule has 6 nitrogen and oxygen atoms in total. The van der Waals surface area contributed by atoms with Gasteiger partial charge in [0.05, 0.1) is 16.8 Å². The first-order chi connectivity index (χ1) is 13.2. The molecular weight excluding hydrogens is 342 g/mol. The number of aromatic nitrogens is 2. The Morgan fingerprint density at radius 3 is 2.59 bits per heavy atom. The molecule has 6 heteroatoms. The Kier molecular flexibility index (Phi) is 4.45. The van der Waals surface area contributed by atoms with Crippen LogP contribution in [0.2, 0.25) is 0 Å². The number of benzene rings is 2. The van der Waals surface area contributed by atoms with Gasteiger partial charge in [0.1, 0.15) is 12.4 Å². The van der Waals surface area contributed by atoms with Crippen LogP contribution >= 0.6 is 0 Å². The van der Waals surface area contributed by atoms with Crippen molar-refractivity contribution in [2.75, 3.05) is 5.32 Å². The number of fused-ring (bicyclic) bond motifs is 1. The highest BCUT2D eigenvalue weighted by molar-refractivity contribution is 5.91. The molecule has 4 rings (SSSR count). The summed E-state index contributed by atoms with van der Waals surface area (Å²) in [5, 5.41) is 16.6. The fourth-order valence-electron chi connectivity index (χ4n) is 2.77. The highest BCUT2D eigenvalue weighted by atomic mass is 16.5. The molecule has 27 heavy (non-hydrogen) atoms. The van der Waals surface area contributed by atoms with Crippen LogP contribution in [0.15, 0.2) is 79.1 Å². The highest BCUT2D eigenvalue weighted by Crippen LogP contribution is 2.24. The summed E-state index contributed by atoms with van der Waals surface area (Å²) in [5.41, 5.74) is 3.64. The van der Waals surface area contributed by atoms with Crippen molar-refractivity contribution in [2.45, 2.75) is 6.61 Å². The van der Waals surface area contributed by atoms with Crippen LogP contribution in [-0.4, -0.2) is 20.7 Å². The molecule has 0 fully saturated rings. The van der Waals surface area contributed by atoms with E-state index in [2.05, 4.69) is 10.4 Å².